The van der Waals surface area contributed by atoms with Crippen LogP contribution < -0.4 is 16.4 Å². The molecule has 6 nitrogen and oxygen atoms in total. The van der Waals surface area contributed by atoms with Crippen molar-refractivity contribution in [1.82, 2.24) is 10.6 Å². The molecule has 0 spiro atoms. The average Bonchev–Trinajstić information content (AvgIpc) is 2.56. The summed E-state index contributed by atoms with van der Waals surface area (Å²) in [5.41, 5.74) is 6.96. The van der Waals surface area contributed by atoms with E-state index in [1.807, 2.05) is 38.1 Å². The summed E-state index contributed by atoms with van der Waals surface area (Å²) in [6, 6.07) is 7.32. The Morgan fingerprint density at radius 2 is 2.04 bits per heavy atom. The normalized spacial score (nSPS) is 12.4. The van der Waals surface area contributed by atoms with Crippen molar-refractivity contribution >= 4 is 12.0 Å². The molecule has 6 heteroatoms. The van der Waals surface area contributed by atoms with Gasteiger partial charge in [0.2, 0.25) is 5.91 Å². The maximum atomic E-state index is 12.5. The minimum Gasteiger partial charge on any atom is -0.442 e. The Labute approximate surface area is 150 Å². The van der Waals surface area contributed by atoms with Crippen molar-refractivity contribution in [3.63, 3.8) is 0 Å². The third kappa shape index (κ3) is 8.03. The van der Waals surface area contributed by atoms with Crippen molar-refractivity contribution in [3.05, 3.63) is 35.4 Å². The quantitative estimate of drug-likeness (QED) is 0.639. The zero-order valence-corrected chi connectivity index (χ0v) is 15.7. The monoisotopic (exact) mass is 349 g/mol. The molecule has 0 aliphatic rings. The molecule has 0 fully saturated rings. The third-order valence-electron chi connectivity index (χ3n) is 3.86. The van der Waals surface area contributed by atoms with Gasteiger partial charge in [-0.2, -0.15) is 0 Å². The predicted octanol–water partition coefficient (Wildman–Crippen LogP) is 2.63. The molecule has 0 aliphatic heterocycles. The fraction of sp³-hybridized carbons (Fsp3) is 0.579. The van der Waals surface area contributed by atoms with Gasteiger partial charge in [-0.15, -0.1) is 0 Å². The van der Waals surface area contributed by atoms with Gasteiger partial charge in [-0.05, 0) is 32.8 Å². The topological polar surface area (TPSA) is 93.4 Å². The van der Waals surface area contributed by atoms with Crippen molar-refractivity contribution in [3.8, 4) is 0 Å². The zero-order valence-electron chi connectivity index (χ0n) is 15.7. The lowest BCUT2D eigenvalue weighted by Gasteiger charge is -2.25. The number of unbranched alkanes of at least 4 members (excludes halogenated alkanes) is 1. The van der Waals surface area contributed by atoms with Crippen LogP contribution in [0.1, 0.15) is 51.2 Å². The van der Waals surface area contributed by atoms with Crippen LogP contribution in [0.25, 0.3) is 0 Å². The maximum Gasteiger partial charge on any atom is 0.408 e. The molecule has 0 saturated heterocycles. The molecule has 1 aromatic carbocycles. The SMILES string of the molecule is CCCCC(NC(=O)OC(C)(C)CN)C(=O)NCc1cccc(C)c1. The summed E-state index contributed by atoms with van der Waals surface area (Å²) in [7, 11) is 0. The van der Waals surface area contributed by atoms with Crippen molar-refractivity contribution in [2.45, 2.75) is 65.1 Å². The highest BCUT2D eigenvalue weighted by atomic mass is 16.6. The smallest absolute Gasteiger partial charge is 0.408 e. The Morgan fingerprint density at radius 3 is 2.64 bits per heavy atom. The largest absolute Gasteiger partial charge is 0.442 e. The summed E-state index contributed by atoms with van der Waals surface area (Å²) in [5.74, 6) is -0.211. The average molecular weight is 349 g/mol. The van der Waals surface area contributed by atoms with Crippen molar-refractivity contribution in [1.29, 1.82) is 0 Å². The Kier molecular flexibility index (Phi) is 8.41. The van der Waals surface area contributed by atoms with Crippen LogP contribution in [-0.4, -0.2) is 30.2 Å². The van der Waals surface area contributed by atoms with E-state index < -0.39 is 17.7 Å². The molecule has 1 rings (SSSR count). The molecule has 0 radical (unpaired) electrons. The number of carbonyl (C=O) groups excluding carboxylic acids is 2. The molecular weight excluding hydrogens is 318 g/mol. The highest BCUT2D eigenvalue weighted by Crippen LogP contribution is 2.09. The first kappa shape index (κ1) is 21.0. The Balaban J connectivity index is 2.63. The number of amides is 2. The van der Waals surface area contributed by atoms with Crippen LogP contribution in [0.15, 0.2) is 24.3 Å². The number of hydrogen-bond donors (Lipinski definition) is 3. The highest BCUT2D eigenvalue weighted by Gasteiger charge is 2.25. The van der Waals surface area contributed by atoms with E-state index >= 15 is 0 Å². The van der Waals surface area contributed by atoms with E-state index in [1.54, 1.807) is 13.8 Å². The first-order valence-corrected chi connectivity index (χ1v) is 8.80. The van der Waals surface area contributed by atoms with Gasteiger partial charge in [0.1, 0.15) is 11.6 Å². The van der Waals surface area contributed by atoms with E-state index in [1.165, 1.54) is 0 Å². The van der Waals surface area contributed by atoms with Crippen molar-refractivity contribution in [2.75, 3.05) is 6.54 Å². The van der Waals surface area contributed by atoms with Gasteiger partial charge in [0, 0.05) is 13.1 Å². The number of benzene rings is 1. The van der Waals surface area contributed by atoms with Gasteiger partial charge < -0.3 is 21.1 Å². The second kappa shape index (κ2) is 10.0. The predicted molar refractivity (Wildman–Crippen MR) is 99.1 cm³/mol. The fourth-order valence-corrected chi connectivity index (χ4v) is 2.28. The molecule has 25 heavy (non-hydrogen) atoms. The number of aryl methyl sites for hydroxylation is 1. The highest BCUT2D eigenvalue weighted by molar-refractivity contribution is 5.85. The van der Waals surface area contributed by atoms with E-state index in [0.717, 1.165) is 24.0 Å². The maximum absolute atomic E-state index is 12.5. The van der Waals surface area contributed by atoms with Crippen LogP contribution in [-0.2, 0) is 16.1 Å². The molecule has 0 saturated carbocycles. The molecular formula is C19H31N3O3. The number of carbonyl (C=O) groups is 2. The molecule has 0 aromatic heterocycles. The molecule has 1 unspecified atom stereocenters. The first-order valence-electron chi connectivity index (χ1n) is 8.80. The minimum absolute atomic E-state index is 0.208. The number of ether oxygens (including phenoxy) is 1. The van der Waals surface area contributed by atoms with Crippen LogP contribution in [0.5, 0.6) is 0 Å². The minimum atomic E-state index is -0.766. The van der Waals surface area contributed by atoms with E-state index in [4.69, 9.17) is 10.5 Å². The Hall–Kier alpha value is -2.08. The third-order valence-corrected chi connectivity index (χ3v) is 3.86. The van der Waals surface area contributed by atoms with Gasteiger partial charge in [0.05, 0.1) is 0 Å². The molecule has 140 valence electrons. The second-order valence-electron chi connectivity index (χ2n) is 6.90. The van der Waals surface area contributed by atoms with Gasteiger partial charge in [0.25, 0.3) is 0 Å². The summed E-state index contributed by atoms with van der Waals surface area (Å²) in [6.07, 6.45) is 1.71. The molecule has 0 bridgehead atoms. The molecule has 2 amide bonds. The van der Waals surface area contributed by atoms with Crippen molar-refractivity contribution in [2.24, 2.45) is 5.73 Å². The van der Waals surface area contributed by atoms with Crippen LogP contribution in [0.3, 0.4) is 0 Å². The molecule has 0 aliphatic carbocycles. The standard InChI is InChI=1S/C19H31N3O3/c1-5-6-10-16(22-18(24)25-19(3,4)13-20)17(23)21-12-15-9-7-8-14(2)11-15/h7-9,11,16H,5-6,10,12-13,20H2,1-4H3,(H,21,23)(H,22,24). The van der Waals surface area contributed by atoms with Crippen molar-refractivity contribution < 1.29 is 14.3 Å². The summed E-state index contributed by atoms with van der Waals surface area (Å²) in [6.45, 7) is 8.13. The first-order chi connectivity index (χ1) is 11.8. The lowest BCUT2D eigenvalue weighted by Crippen LogP contribution is -2.49. The molecule has 4 N–H and O–H groups in total. The summed E-state index contributed by atoms with van der Waals surface area (Å²) < 4.78 is 5.27. The van der Waals surface area contributed by atoms with Gasteiger partial charge in [-0.25, -0.2) is 4.79 Å². The number of rotatable bonds is 9. The van der Waals surface area contributed by atoms with E-state index in [9.17, 15) is 9.59 Å². The number of hydrogen-bond acceptors (Lipinski definition) is 4. The summed E-state index contributed by atoms with van der Waals surface area (Å²) in [4.78, 5) is 24.5. The van der Waals surface area contributed by atoms with Gasteiger partial charge in [0.15, 0.2) is 0 Å². The van der Waals surface area contributed by atoms with E-state index in [2.05, 4.69) is 10.6 Å². The van der Waals surface area contributed by atoms with Gasteiger partial charge >= 0.3 is 6.09 Å². The summed E-state index contributed by atoms with van der Waals surface area (Å²) in [5, 5.41) is 5.54. The second-order valence-corrected chi connectivity index (χ2v) is 6.90. The van der Waals surface area contributed by atoms with Crippen LogP contribution in [0, 0.1) is 6.92 Å². The molecule has 1 atom stereocenters. The molecule has 1 aromatic rings. The number of alkyl carbamates (subject to hydrolysis) is 1. The van der Waals surface area contributed by atoms with E-state index in [0.29, 0.717) is 13.0 Å². The van der Waals surface area contributed by atoms with Crippen LogP contribution in [0.4, 0.5) is 4.79 Å². The van der Waals surface area contributed by atoms with Crippen LogP contribution in [0.2, 0.25) is 0 Å². The van der Waals surface area contributed by atoms with Gasteiger partial charge in [-0.3, -0.25) is 4.79 Å². The molecule has 0 heterocycles. The lowest BCUT2D eigenvalue weighted by molar-refractivity contribution is -0.123. The number of nitrogens with one attached hydrogen (secondary N) is 2. The Bertz CT molecular complexity index is 573. The lowest BCUT2D eigenvalue weighted by atomic mass is 10.1. The van der Waals surface area contributed by atoms with Crippen LogP contribution >= 0.6 is 0 Å². The van der Waals surface area contributed by atoms with Gasteiger partial charge in [-0.1, -0.05) is 49.6 Å². The zero-order chi connectivity index (χ0) is 18.9. The Morgan fingerprint density at radius 1 is 1.32 bits per heavy atom. The summed E-state index contributed by atoms with van der Waals surface area (Å²) >= 11 is 0. The number of nitrogens with two attached hydrogens (primary N) is 1. The van der Waals surface area contributed by atoms with E-state index in [-0.39, 0.29) is 12.5 Å². The fourth-order valence-electron chi connectivity index (χ4n) is 2.28.